The molecule has 0 bridgehead atoms. The van der Waals surface area contributed by atoms with Crippen LogP contribution in [0.4, 0.5) is 8.78 Å². The Hall–Kier alpha value is -1.40. The highest BCUT2D eigenvalue weighted by atomic mass is 19.1. The van der Waals surface area contributed by atoms with Crippen molar-refractivity contribution in [2.24, 2.45) is 0 Å². The first kappa shape index (κ1) is 11.7. The summed E-state index contributed by atoms with van der Waals surface area (Å²) in [5.74, 6) is 3.92. The van der Waals surface area contributed by atoms with Gasteiger partial charge in [-0.25, -0.2) is 8.78 Å². The first-order valence-corrected chi connectivity index (χ1v) is 4.59. The van der Waals surface area contributed by atoms with Crippen LogP contribution in [0.3, 0.4) is 0 Å². The third-order valence-electron chi connectivity index (χ3n) is 2.11. The van der Waals surface area contributed by atoms with Crippen LogP contribution in [0.25, 0.3) is 0 Å². The van der Waals surface area contributed by atoms with Gasteiger partial charge in [0.1, 0.15) is 11.6 Å². The normalized spacial score (nSPS) is 11.8. The number of aliphatic hydroxyl groups is 1. The Kier molecular flexibility index (Phi) is 3.81. The van der Waals surface area contributed by atoms with E-state index < -0.39 is 17.7 Å². The molecule has 0 heterocycles. The van der Waals surface area contributed by atoms with Crippen LogP contribution >= 0.6 is 0 Å². The van der Waals surface area contributed by atoms with Gasteiger partial charge in [0, 0.05) is 18.1 Å². The second kappa shape index (κ2) is 4.90. The molecule has 0 amide bonds. The molecule has 15 heavy (non-hydrogen) atoms. The molecule has 0 aliphatic carbocycles. The van der Waals surface area contributed by atoms with Gasteiger partial charge in [0.2, 0.25) is 0 Å². The van der Waals surface area contributed by atoms with Gasteiger partial charge in [-0.15, -0.1) is 11.8 Å². The van der Waals surface area contributed by atoms with Gasteiger partial charge >= 0.3 is 0 Å². The molecule has 1 nitrogen and oxygen atoms in total. The van der Waals surface area contributed by atoms with Crippen LogP contribution in [0.15, 0.2) is 12.1 Å². The number of aliphatic hydroxyl groups excluding tert-OH is 1. The average Bonchev–Trinajstić information content (AvgIpc) is 2.20. The molecule has 0 aliphatic heterocycles. The first-order chi connectivity index (χ1) is 7.06. The minimum absolute atomic E-state index is 0.0941. The lowest BCUT2D eigenvalue weighted by molar-refractivity contribution is 0.179. The highest BCUT2D eigenvalue weighted by Crippen LogP contribution is 2.22. The number of aryl methyl sites for hydroxylation is 1. The summed E-state index contributed by atoms with van der Waals surface area (Å²) in [4.78, 5) is 0. The van der Waals surface area contributed by atoms with Crippen LogP contribution < -0.4 is 0 Å². The molecule has 1 atom stereocenters. The van der Waals surface area contributed by atoms with Crippen molar-refractivity contribution in [1.29, 1.82) is 0 Å². The van der Waals surface area contributed by atoms with Crippen LogP contribution in [0.5, 0.6) is 0 Å². The van der Waals surface area contributed by atoms with E-state index >= 15 is 0 Å². The molecule has 80 valence electrons. The standard InChI is InChI=1S/C12H12F2O/c1-3-4-5-12(15)9-6-8(2)10(13)7-11(9)14/h6-7,12,15H,5H2,1-2H3. The predicted octanol–water partition coefficient (Wildman–Crippen LogP) is 2.72. The fraction of sp³-hybridized carbons (Fsp3) is 0.333. The van der Waals surface area contributed by atoms with Crippen molar-refractivity contribution in [1.82, 2.24) is 0 Å². The lowest BCUT2D eigenvalue weighted by Gasteiger charge is -2.10. The third-order valence-corrected chi connectivity index (χ3v) is 2.11. The van der Waals surface area contributed by atoms with E-state index in [1.165, 1.54) is 13.0 Å². The van der Waals surface area contributed by atoms with Gasteiger partial charge in [-0.05, 0) is 25.5 Å². The molecule has 0 aliphatic rings. The van der Waals surface area contributed by atoms with Crippen LogP contribution in [0.1, 0.15) is 30.6 Å². The molecule has 0 radical (unpaired) electrons. The Morgan fingerprint density at radius 1 is 1.33 bits per heavy atom. The van der Waals surface area contributed by atoms with Gasteiger partial charge in [0.25, 0.3) is 0 Å². The maximum Gasteiger partial charge on any atom is 0.131 e. The van der Waals surface area contributed by atoms with E-state index in [2.05, 4.69) is 11.8 Å². The third kappa shape index (κ3) is 2.77. The molecule has 1 unspecified atom stereocenters. The summed E-state index contributed by atoms with van der Waals surface area (Å²) in [6, 6.07) is 2.10. The van der Waals surface area contributed by atoms with Gasteiger partial charge in [-0.1, -0.05) is 0 Å². The summed E-state index contributed by atoms with van der Waals surface area (Å²) in [6.07, 6.45) is -0.852. The SMILES string of the molecule is CC#CCC(O)c1cc(C)c(F)cc1F. The maximum atomic E-state index is 13.3. The largest absolute Gasteiger partial charge is 0.387 e. The van der Waals surface area contributed by atoms with Crippen molar-refractivity contribution in [3.8, 4) is 11.8 Å². The summed E-state index contributed by atoms with van der Waals surface area (Å²) in [5, 5.41) is 9.58. The summed E-state index contributed by atoms with van der Waals surface area (Å²) in [6.45, 7) is 3.16. The molecular formula is C12H12F2O. The van der Waals surface area contributed by atoms with Crippen LogP contribution in [0.2, 0.25) is 0 Å². The molecule has 0 spiro atoms. The second-order valence-corrected chi connectivity index (χ2v) is 3.27. The Morgan fingerprint density at radius 2 is 2.00 bits per heavy atom. The van der Waals surface area contributed by atoms with Crippen LogP contribution in [-0.4, -0.2) is 5.11 Å². The fourth-order valence-electron chi connectivity index (χ4n) is 1.24. The van der Waals surface area contributed by atoms with Gasteiger partial charge in [0.05, 0.1) is 6.10 Å². The summed E-state index contributed by atoms with van der Waals surface area (Å²) in [5.41, 5.74) is 0.409. The number of benzene rings is 1. The Labute approximate surface area is 87.7 Å². The van der Waals surface area contributed by atoms with E-state index in [1.807, 2.05) is 0 Å². The van der Waals surface area contributed by atoms with Gasteiger partial charge in [-0.2, -0.15) is 0 Å². The smallest absolute Gasteiger partial charge is 0.131 e. The number of hydrogen-bond acceptors (Lipinski definition) is 1. The molecule has 0 saturated carbocycles. The predicted molar refractivity (Wildman–Crippen MR) is 54.1 cm³/mol. The molecule has 0 aromatic heterocycles. The van der Waals surface area contributed by atoms with E-state index in [0.29, 0.717) is 5.56 Å². The Balaban J connectivity index is 3.01. The summed E-state index contributed by atoms with van der Waals surface area (Å²) in [7, 11) is 0. The fourth-order valence-corrected chi connectivity index (χ4v) is 1.24. The minimum atomic E-state index is -1.00. The van der Waals surface area contributed by atoms with Crippen LogP contribution in [0, 0.1) is 30.4 Å². The van der Waals surface area contributed by atoms with Crippen molar-refractivity contribution in [3.05, 3.63) is 34.9 Å². The molecule has 1 rings (SSSR count). The van der Waals surface area contributed by atoms with Crippen LogP contribution in [-0.2, 0) is 0 Å². The van der Waals surface area contributed by atoms with Gasteiger partial charge < -0.3 is 5.11 Å². The molecule has 0 saturated heterocycles. The van der Waals surface area contributed by atoms with Crippen molar-refractivity contribution >= 4 is 0 Å². The topological polar surface area (TPSA) is 20.2 Å². The summed E-state index contributed by atoms with van der Waals surface area (Å²) < 4.78 is 26.2. The van der Waals surface area contributed by atoms with E-state index in [9.17, 15) is 13.9 Å². The van der Waals surface area contributed by atoms with E-state index in [-0.39, 0.29) is 12.0 Å². The summed E-state index contributed by atoms with van der Waals surface area (Å²) >= 11 is 0. The lowest BCUT2D eigenvalue weighted by atomic mass is 10.0. The maximum absolute atomic E-state index is 13.3. The number of rotatable bonds is 2. The van der Waals surface area contributed by atoms with Gasteiger partial charge in [-0.3, -0.25) is 0 Å². The second-order valence-electron chi connectivity index (χ2n) is 3.27. The zero-order valence-electron chi connectivity index (χ0n) is 8.64. The monoisotopic (exact) mass is 210 g/mol. The lowest BCUT2D eigenvalue weighted by Crippen LogP contribution is -2.01. The highest BCUT2D eigenvalue weighted by molar-refractivity contribution is 5.28. The van der Waals surface area contributed by atoms with E-state index in [0.717, 1.165) is 6.07 Å². The molecule has 1 aromatic carbocycles. The van der Waals surface area contributed by atoms with Crippen molar-refractivity contribution < 1.29 is 13.9 Å². The molecule has 1 aromatic rings. The molecule has 0 fully saturated rings. The molecule has 3 heteroatoms. The molecule has 1 N–H and O–H groups in total. The zero-order valence-corrected chi connectivity index (χ0v) is 8.64. The Bertz CT molecular complexity index is 416. The van der Waals surface area contributed by atoms with E-state index in [4.69, 9.17) is 0 Å². The van der Waals surface area contributed by atoms with Crippen molar-refractivity contribution in [3.63, 3.8) is 0 Å². The van der Waals surface area contributed by atoms with Gasteiger partial charge in [0.15, 0.2) is 0 Å². The number of halogens is 2. The van der Waals surface area contributed by atoms with Crippen molar-refractivity contribution in [2.45, 2.75) is 26.4 Å². The Morgan fingerprint density at radius 3 is 2.60 bits per heavy atom. The highest BCUT2D eigenvalue weighted by Gasteiger charge is 2.14. The first-order valence-electron chi connectivity index (χ1n) is 4.59. The minimum Gasteiger partial charge on any atom is -0.387 e. The average molecular weight is 210 g/mol. The quantitative estimate of drug-likeness (QED) is 0.744. The zero-order chi connectivity index (χ0) is 11.4. The molecular weight excluding hydrogens is 198 g/mol. The van der Waals surface area contributed by atoms with Crippen molar-refractivity contribution in [2.75, 3.05) is 0 Å². The van der Waals surface area contributed by atoms with E-state index in [1.54, 1.807) is 6.92 Å². The number of hydrogen-bond donors (Lipinski definition) is 1.